The summed E-state index contributed by atoms with van der Waals surface area (Å²) >= 11 is 0. The van der Waals surface area contributed by atoms with Crippen LogP contribution in [0.4, 0.5) is 0 Å². The van der Waals surface area contributed by atoms with Crippen LogP contribution in [0.3, 0.4) is 0 Å². The molecule has 0 saturated heterocycles. The van der Waals surface area contributed by atoms with E-state index in [0.717, 1.165) is 13.0 Å². The van der Waals surface area contributed by atoms with E-state index in [0.29, 0.717) is 11.5 Å². The molecule has 2 aromatic rings. The average molecular weight is 256 g/mol. The highest BCUT2D eigenvalue weighted by atomic mass is 16.1. The maximum absolute atomic E-state index is 11.4. The molecule has 0 spiro atoms. The van der Waals surface area contributed by atoms with Crippen molar-refractivity contribution in [2.75, 3.05) is 0 Å². The zero-order chi connectivity index (χ0) is 13.6. The van der Waals surface area contributed by atoms with Gasteiger partial charge in [-0.25, -0.2) is 0 Å². The number of nitrogens with two attached hydrogens (primary N) is 1. The van der Waals surface area contributed by atoms with Crippen LogP contribution in [0.1, 0.15) is 54.2 Å². The minimum absolute atomic E-state index is 0.344. The van der Waals surface area contributed by atoms with E-state index in [4.69, 9.17) is 5.73 Å². The Kier molecular flexibility index (Phi) is 2.85. The van der Waals surface area contributed by atoms with E-state index in [9.17, 15) is 4.79 Å². The van der Waals surface area contributed by atoms with Crippen molar-refractivity contribution < 1.29 is 4.79 Å². The Bertz CT molecular complexity index is 654. The van der Waals surface area contributed by atoms with Gasteiger partial charge in [-0.1, -0.05) is 6.92 Å². The monoisotopic (exact) mass is 256 g/mol. The molecule has 1 aromatic carbocycles. The molecule has 3 heteroatoms. The summed E-state index contributed by atoms with van der Waals surface area (Å²) in [5, 5.41) is 1.22. The summed E-state index contributed by atoms with van der Waals surface area (Å²) in [6.45, 7) is 5.47. The lowest BCUT2D eigenvalue weighted by molar-refractivity contribution is 0.100. The van der Waals surface area contributed by atoms with Crippen molar-refractivity contribution in [2.45, 2.75) is 45.6 Å². The molecular weight excluding hydrogens is 236 g/mol. The van der Waals surface area contributed by atoms with Gasteiger partial charge in [0.15, 0.2) is 0 Å². The largest absolute Gasteiger partial charge is 0.366 e. The molecule has 1 aromatic heterocycles. The van der Waals surface area contributed by atoms with E-state index in [1.54, 1.807) is 0 Å². The fourth-order valence-corrected chi connectivity index (χ4v) is 3.49. The van der Waals surface area contributed by atoms with Crippen LogP contribution in [0, 0.1) is 0 Å². The standard InChI is InChI=1S/C16H20N2O/c1-3-18-14-8-7-11(16(17)19)9-13(14)12-6-4-5-10(2)15(12)18/h7-10H,3-6H2,1-2H3,(H2,17,19). The van der Waals surface area contributed by atoms with E-state index in [1.807, 2.05) is 18.2 Å². The lowest BCUT2D eigenvalue weighted by Gasteiger charge is -2.21. The number of benzene rings is 1. The van der Waals surface area contributed by atoms with Crippen molar-refractivity contribution in [1.82, 2.24) is 4.57 Å². The second-order valence-electron chi connectivity index (χ2n) is 5.50. The highest BCUT2D eigenvalue weighted by Gasteiger charge is 2.24. The molecule has 0 saturated carbocycles. The highest BCUT2D eigenvalue weighted by Crippen LogP contribution is 2.38. The van der Waals surface area contributed by atoms with Gasteiger partial charge in [-0.05, 0) is 55.9 Å². The third kappa shape index (κ3) is 1.76. The van der Waals surface area contributed by atoms with Gasteiger partial charge in [0.2, 0.25) is 5.91 Å². The van der Waals surface area contributed by atoms with E-state index < -0.39 is 0 Å². The quantitative estimate of drug-likeness (QED) is 0.881. The van der Waals surface area contributed by atoms with Gasteiger partial charge in [0, 0.05) is 28.7 Å². The van der Waals surface area contributed by atoms with Gasteiger partial charge < -0.3 is 10.3 Å². The Morgan fingerprint density at radius 2 is 2.26 bits per heavy atom. The number of nitrogens with zero attached hydrogens (tertiary/aromatic N) is 1. The fraction of sp³-hybridized carbons (Fsp3) is 0.438. The SMILES string of the molecule is CCn1c2c(c3cc(C(N)=O)ccc31)CCCC2C. The molecule has 0 bridgehead atoms. The molecule has 19 heavy (non-hydrogen) atoms. The lowest BCUT2D eigenvalue weighted by atomic mass is 9.87. The first-order chi connectivity index (χ1) is 9.13. The Balaban J connectivity index is 2.33. The Hall–Kier alpha value is -1.77. The lowest BCUT2D eigenvalue weighted by Crippen LogP contribution is -2.11. The highest BCUT2D eigenvalue weighted by molar-refractivity contribution is 5.98. The zero-order valence-electron chi connectivity index (χ0n) is 11.6. The first-order valence-corrected chi connectivity index (χ1v) is 7.08. The first-order valence-electron chi connectivity index (χ1n) is 7.08. The molecule has 100 valence electrons. The fourth-order valence-electron chi connectivity index (χ4n) is 3.49. The third-order valence-electron chi connectivity index (χ3n) is 4.34. The number of carbonyl (C=O) groups is 1. The molecule has 1 unspecified atom stereocenters. The van der Waals surface area contributed by atoms with Crippen LogP contribution >= 0.6 is 0 Å². The van der Waals surface area contributed by atoms with Crippen molar-refractivity contribution in [1.29, 1.82) is 0 Å². The van der Waals surface area contributed by atoms with Crippen LogP contribution in [0.5, 0.6) is 0 Å². The van der Waals surface area contributed by atoms with Gasteiger partial charge in [-0.2, -0.15) is 0 Å². The molecule has 1 heterocycles. The van der Waals surface area contributed by atoms with Gasteiger partial charge in [-0.15, -0.1) is 0 Å². The molecule has 1 atom stereocenters. The zero-order valence-corrected chi connectivity index (χ0v) is 11.6. The first kappa shape index (κ1) is 12.3. The van der Waals surface area contributed by atoms with Crippen LogP contribution in [0.25, 0.3) is 10.9 Å². The number of hydrogen-bond acceptors (Lipinski definition) is 1. The van der Waals surface area contributed by atoms with E-state index >= 15 is 0 Å². The molecule has 0 fully saturated rings. The Labute approximate surface area is 113 Å². The van der Waals surface area contributed by atoms with Crippen LogP contribution in [-0.4, -0.2) is 10.5 Å². The van der Waals surface area contributed by atoms with Crippen LogP contribution in [0.15, 0.2) is 18.2 Å². The summed E-state index contributed by atoms with van der Waals surface area (Å²) in [4.78, 5) is 11.4. The summed E-state index contributed by atoms with van der Waals surface area (Å²) in [6.07, 6.45) is 3.61. The second-order valence-corrected chi connectivity index (χ2v) is 5.50. The van der Waals surface area contributed by atoms with Gasteiger partial charge in [0.25, 0.3) is 0 Å². The van der Waals surface area contributed by atoms with Gasteiger partial charge in [0.1, 0.15) is 0 Å². The predicted octanol–water partition coefficient (Wildman–Crippen LogP) is 3.20. The minimum Gasteiger partial charge on any atom is -0.366 e. The number of rotatable bonds is 2. The predicted molar refractivity (Wildman–Crippen MR) is 77.5 cm³/mol. The average Bonchev–Trinajstić information content (AvgIpc) is 2.73. The number of amides is 1. The summed E-state index contributed by atoms with van der Waals surface area (Å²) in [5.74, 6) is 0.261. The van der Waals surface area contributed by atoms with Crippen LogP contribution in [-0.2, 0) is 13.0 Å². The Morgan fingerprint density at radius 1 is 1.47 bits per heavy atom. The molecule has 3 nitrogen and oxygen atoms in total. The Morgan fingerprint density at radius 3 is 2.95 bits per heavy atom. The number of primary amides is 1. The molecule has 3 rings (SSSR count). The van der Waals surface area contributed by atoms with E-state index in [2.05, 4.69) is 18.4 Å². The number of fused-ring (bicyclic) bond motifs is 3. The minimum atomic E-state index is -0.344. The normalized spacial score (nSPS) is 18.5. The number of hydrogen-bond donors (Lipinski definition) is 1. The van der Waals surface area contributed by atoms with Crippen molar-refractivity contribution in [3.63, 3.8) is 0 Å². The molecule has 1 aliphatic rings. The molecule has 0 aliphatic heterocycles. The van der Waals surface area contributed by atoms with Gasteiger partial charge >= 0.3 is 0 Å². The summed E-state index contributed by atoms with van der Waals surface area (Å²) in [5.41, 5.74) is 10.1. The van der Waals surface area contributed by atoms with Crippen molar-refractivity contribution in [2.24, 2.45) is 5.73 Å². The van der Waals surface area contributed by atoms with Crippen LogP contribution < -0.4 is 5.73 Å². The molecule has 1 amide bonds. The van der Waals surface area contributed by atoms with Crippen LogP contribution in [0.2, 0.25) is 0 Å². The van der Waals surface area contributed by atoms with Gasteiger partial charge in [0.05, 0.1) is 0 Å². The number of aromatic nitrogens is 1. The smallest absolute Gasteiger partial charge is 0.248 e. The summed E-state index contributed by atoms with van der Waals surface area (Å²) < 4.78 is 2.40. The number of carbonyl (C=O) groups excluding carboxylic acids is 1. The second kappa shape index (κ2) is 4.41. The molecule has 2 N–H and O–H groups in total. The van der Waals surface area contributed by atoms with E-state index in [-0.39, 0.29) is 5.91 Å². The van der Waals surface area contributed by atoms with Crippen molar-refractivity contribution in [3.8, 4) is 0 Å². The number of aryl methyl sites for hydroxylation is 2. The maximum atomic E-state index is 11.4. The summed E-state index contributed by atoms with van der Waals surface area (Å²) in [6, 6.07) is 5.86. The maximum Gasteiger partial charge on any atom is 0.248 e. The topological polar surface area (TPSA) is 48.0 Å². The van der Waals surface area contributed by atoms with E-state index in [1.165, 1.54) is 35.0 Å². The molecular formula is C16H20N2O. The van der Waals surface area contributed by atoms with Crippen molar-refractivity contribution >= 4 is 16.8 Å². The third-order valence-corrected chi connectivity index (χ3v) is 4.34. The summed E-state index contributed by atoms with van der Waals surface area (Å²) in [7, 11) is 0. The molecule has 1 aliphatic carbocycles. The van der Waals surface area contributed by atoms with Crippen molar-refractivity contribution in [3.05, 3.63) is 35.0 Å². The van der Waals surface area contributed by atoms with Gasteiger partial charge in [-0.3, -0.25) is 4.79 Å². The molecule has 0 radical (unpaired) electrons.